The molecule has 2 rings (SSSR count). The lowest BCUT2D eigenvalue weighted by atomic mass is 10.1. The molecule has 0 aliphatic rings. The number of halogens is 2. The van der Waals surface area contributed by atoms with Gasteiger partial charge in [-0.25, -0.2) is 4.98 Å². The Morgan fingerprint density at radius 1 is 1.29 bits per heavy atom. The molecule has 0 atom stereocenters. The number of aryl methyl sites for hydroxylation is 1. The summed E-state index contributed by atoms with van der Waals surface area (Å²) in [5.41, 5.74) is 2.12. The van der Waals surface area contributed by atoms with E-state index in [9.17, 15) is 4.39 Å². The summed E-state index contributed by atoms with van der Waals surface area (Å²) in [5.74, 6) is -0.585. The van der Waals surface area contributed by atoms with Crippen LogP contribution in [0.5, 0.6) is 0 Å². The van der Waals surface area contributed by atoms with Gasteiger partial charge in [-0.15, -0.1) is 0 Å². The van der Waals surface area contributed by atoms with Crippen LogP contribution in [-0.4, -0.2) is 9.97 Å². The average molecular weight is 251 g/mol. The standard InChI is InChI=1S/C13H12ClFN2/c1-2-3-9-6-7-16-11(8-9)10-4-5-12(14)17-13(10)15/h4-8H,2-3H2,1H3. The van der Waals surface area contributed by atoms with E-state index in [0.717, 1.165) is 18.4 Å². The van der Waals surface area contributed by atoms with Crippen molar-refractivity contribution in [2.45, 2.75) is 19.8 Å². The molecule has 0 fully saturated rings. The molecule has 0 aliphatic heterocycles. The number of aromatic nitrogens is 2. The van der Waals surface area contributed by atoms with Crippen LogP contribution in [0.1, 0.15) is 18.9 Å². The van der Waals surface area contributed by atoms with Gasteiger partial charge in [0.25, 0.3) is 0 Å². The van der Waals surface area contributed by atoms with Crippen LogP contribution in [0.2, 0.25) is 5.15 Å². The van der Waals surface area contributed by atoms with Crippen molar-refractivity contribution >= 4 is 11.6 Å². The Morgan fingerprint density at radius 3 is 2.82 bits per heavy atom. The van der Waals surface area contributed by atoms with Gasteiger partial charge in [0.15, 0.2) is 0 Å². The van der Waals surface area contributed by atoms with E-state index in [1.807, 2.05) is 12.1 Å². The fourth-order valence-corrected chi connectivity index (χ4v) is 1.81. The maximum atomic E-state index is 13.6. The van der Waals surface area contributed by atoms with Gasteiger partial charge in [-0.2, -0.15) is 4.39 Å². The lowest BCUT2D eigenvalue weighted by Crippen LogP contribution is -1.93. The molecule has 2 heterocycles. The van der Waals surface area contributed by atoms with E-state index in [1.165, 1.54) is 0 Å². The minimum atomic E-state index is -0.585. The van der Waals surface area contributed by atoms with E-state index >= 15 is 0 Å². The van der Waals surface area contributed by atoms with Crippen LogP contribution in [0.3, 0.4) is 0 Å². The monoisotopic (exact) mass is 250 g/mol. The van der Waals surface area contributed by atoms with Gasteiger partial charge in [0.05, 0.1) is 11.3 Å². The van der Waals surface area contributed by atoms with Crippen molar-refractivity contribution in [3.63, 3.8) is 0 Å². The fraction of sp³-hybridized carbons (Fsp3) is 0.231. The summed E-state index contributed by atoms with van der Waals surface area (Å²) in [6, 6.07) is 6.99. The van der Waals surface area contributed by atoms with E-state index in [2.05, 4.69) is 16.9 Å². The zero-order valence-corrected chi connectivity index (χ0v) is 10.2. The molecule has 4 heteroatoms. The molecular weight excluding hydrogens is 239 g/mol. The summed E-state index contributed by atoms with van der Waals surface area (Å²) in [7, 11) is 0. The number of rotatable bonds is 3. The van der Waals surface area contributed by atoms with Crippen LogP contribution >= 0.6 is 11.6 Å². The molecule has 2 nitrogen and oxygen atoms in total. The van der Waals surface area contributed by atoms with Gasteiger partial charge in [0.1, 0.15) is 5.15 Å². The quantitative estimate of drug-likeness (QED) is 0.773. The Morgan fingerprint density at radius 2 is 2.12 bits per heavy atom. The second-order valence-corrected chi connectivity index (χ2v) is 4.16. The molecule has 0 aromatic carbocycles. The number of hydrogen-bond donors (Lipinski definition) is 0. The first-order valence-electron chi connectivity index (χ1n) is 5.48. The predicted octanol–water partition coefficient (Wildman–Crippen LogP) is 3.89. The first-order valence-corrected chi connectivity index (χ1v) is 5.86. The minimum absolute atomic E-state index is 0.149. The molecule has 2 aromatic heterocycles. The summed E-state index contributed by atoms with van der Waals surface area (Å²) in [5, 5.41) is 0.149. The molecular formula is C13H12ClFN2. The zero-order chi connectivity index (χ0) is 12.3. The van der Waals surface area contributed by atoms with Gasteiger partial charge < -0.3 is 0 Å². The molecule has 0 spiro atoms. The summed E-state index contributed by atoms with van der Waals surface area (Å²) < 4.78 is 13.6. The van der Waals surface area contributed by atoms with Crippen LogP contribution in [-0.2, 0) is 6.42 Å². The minimum Gasteiger partial charge on any atom is -0.256 e. The van der Waals surface area contributed by atoms with Gasteiger partial charge in [-0.3, -0.25) is 4.98 Å². The molecule has 2 aromatic rings. The van der Waals surface area contributed by atoms with Crippen LogP contribution in [0.15, 0.2) is 30.5 Å². The van der Waals surface area contributed by atoms with Gasteiger partial charge in [-0.05, 0) is 36.2 Å². The van der Waals surface area contributed by atoms with Gasteiger partial charge in [-0.1, -0.05) is 24.9 Å². The topological polar surface area (TPSA) is 25.8 Å². The van der Waals surface area contributed by atoms with Crippen LogP contribution < -0.4 is 0 Å². The van der Waals surface area contributed by atoms with Crippen LogP contribution in [0.25, 0.3) is 11.3 Å². The summed E-state index contributed by atoms with van der Waals surface area (Å²) in [4.78, 5) is 7.74. The maximum Gasteiger partial charge on any atom is 0.223 e. The summed E-state index contributed by atoms with van der Waals surface area (Å²) in [6.45, 7) is 2.10. The Balaban J connectivity index is 2.42. The number of nitrogens with zero attached hydrogens (tertiary/aromatic N) is 2. The highest BCUT2D eigenvalue weighted by Crippen LogP contribution is 2.22. The molecule has 0 bridgehead atoms. The van der Waals surface area contributed by atoms with E-state index in [-0.39, 0.29) is 5.15 Å². The number of pyridine rings is 2. The van der Waals surface area contributed by atoms with E-state index in [0.29, 0.717) is 11.3 Å². The Hall–Kier alpha value is -1.48. The van der Waals surface area contributed by atoms with E-state index in [1.54, 1.807) is 18.3 Å². The van der Waals surface area contributed by atoms with Gasteiger partial charge in [0.2, 0.25) is 5.95 Å². The lowest BCUT2D eigenvalue weighted by molar-refractivity contribution is 0.587. The first kappa shape index (κ1) is 12.0. The van der Waals surface area contributed by atoms with Crippen LogP contribution in [0.4, 0.5) is 4.39 Å². The Kier molecular flexibility index (Phi) is 3.69. The molecule has 0 unspecified atom stereocenters. The van der Waals surface area contributed by atoms with Crippen LogP contribution in [0, 0.1) is 5.95 Å². The third-order valence-corrected chi connectivity index (χ3v) is 2.66. The van der Waals surface area contributed by atoms with Crippen molar-refractivity contribution in [3.8, 4) is 11.3 Å². The van der Waals surface area contributed by atoms with Crippen molar-refractivity contribution in [2.75, 3.05) is 0 Å². The van der Waals surface area contributed by atoms with Crippen molar-refractivity contribution in [3.05, 3.63) is 47.1 Å². The highest BCUT2D eigenvalue weighted by Gasteiger charge is 2.08. The molecule has 0 N–H and O–H groups in total. The SMILES string of the molecule is CCCc1ccnc(-c2ccc(Cl)nc2F)c1. The van der Waals surface area contributed by atoms with Crippen molar-refractivity contribution in [1.29, 1.82) is 0 Å². The predicted molar refractivity (Wildman–Crippen MR) is 66.4 cm³/mol. The Labute approximate surface area is 104 Å². The largest absolute Gasteiger partial charge is 0.256 e. The van der Waals surface area contributed by atoms with Crippen molar-refractivity contribution in [2.24, 2.45) is 0 Å². The highest BCUT2D eigenvalue weighted by atomic mass is 35.5. The Bertz CT molecular complexity index is 529. The fourth-order valence-electron chi connectivity index (χ4n) is 1.67. The molecule has 0 saturated heterocycles. The van der Waals surface area contributed by atoms with E-state index in [4.69, 9.17) is 11.6 Å². The molecule has 0 amide bonds. The highest BCUT2D eigenvalue weighted by molar-refractivity contribution is 6.29. The lowest BCUT2D eigenvalue weighted by Gasteiger charge is -2.04. The molecule has 17 heavy (non-hydrogen) atoms. The average Bonchev–Trinajstić information content (AvgIpc) is 2.29. The molecule has 88 valence electrons. The second-order valence-electron chi connectivity index (χ2n) is 3.77. The zero-order valence-electron chi connectivity index (χ0n) is 9.45. The molecule has 0 aliphatic carbocycles. The normalized spacial score (nSPS) is 10.5. The van der Waals surface area contributed by atoms with E-state index < -0.39 is 5.95 Å². The molecule has 0 radical (unpaired) electrons. The number of hydrogen-bond acceptors (Lipinski definition) is 2. The second kappa shape index (κ2) is 5.23. The van der Waals surface area contributed by atoms with Crippen molar-refractivity contribution in [1.82, 2.24) is 9.97 Å². The van der Waals surface area contributed by atoms with Gasteiger partial charge >= 0.3 is 0 Å². The maximum absolute atomic E-state index is 13.6. The summed E-state index contributed by atoms with van der Waals surface area (Å²) >= 11 is 5.61. The first-order chi connectivity index (χ1) is 8.20. The summed E-state index contributed by atoms with van der Waals surface area (Å²) in [6.07, 6.45) is 3.69. The van der Waals surface area contributed by atoms with Gasteiger partial charge in [0, 0.05) is 6.20 Å². The third kappa shape index (κ3) is 2.80. The third-order valence-electron chi connectivity index (χ3n) is 2.45. The molecule has 0 saturated carbocycles. The smallest absolute Gasteiger partial charge is 0.223 e. The van der Waals surface area contributed by atoms with Crippen molar-refractivity contribution < 1.29 is 4.39 Å².